The Hall–Kier alpha value is -2.25. The number of hydrogen-bond acceptors (Lipinski definition) is 3. The molecule has 0 radical (unpaired) electrons. The average molecular weight is 445 g/mol. The summed E-state index contributed by atoms with van der Waals surface area (Å²) in [6.45, 7) is 2.56. The minimum Gasteiger partial charge on any atom is -0.337 e. The molecule has 1 aliphatic carbocycles. The number of nitrogens with one attached hydrogen (secondary N) is 1. The number of benzene rings is 2. The second-order valence-electron chi connectivity index (χ2n) is 9.18. The van der Waals surface area contributed by atoms with E-state index in [1.165, 1.54) is 12.1 Å². The van der Waals surface area contributed by atoms with Gasteiger partial charge < -0.3 is 4.90 Å². The van der Waals surface area contributed by atoms with Crippen LogP contribution in [0.5, 0.6) is 0 Å². The highest BCUT2D eigenvalue weighted by Gasteiger charge is 2.47. The SMILES string of the molecule is CC1(C(=O)N2CC[C@H](NS(C)(=O)=O)[C@@H]2Cc2cccc(-c3cccc(F)c3)c2)CCC1. The van der Waals surface area contributed by atoms with Gasteiger partial charge in [0, 0.05) is 18.0 Å². The molecule has 2 aromatic carbocycles. The molecule has 1 heterocycles. The van der Waals surface area contributed by atoms with Crippen LogP contribution in [0.2, 0.25) is 0 Å². The summed E-state index contributed by atoms with van der Waals surface area (Å²) < 4.78 is 40.3. The van der Waals surface area contributed by atoms with Gasteiger partial charge >= 0.3 is 0 Å². The molecule has 1 aliphatic heterocycles. The minimum atomic E-state index is -3.39. The highest BCUT2D eigenvalue weighted by atomic mass is 32.2. The van der Waals surface area contributed by atoms with Crippen LogP contribution in [0.15, 0.2) is 48.5 Å². The number of hydrogen-bond donors (Lipinski definition) is 1. The molecular formula is C24H29FN2O3S. The molecule has 4 rings (SSSR count). The minimum absolute atomic E-state index is 0.128. The molecule has 1 saturated carbocycles. The zero-order valence-corrected chi connectivity index (χ0v) is 18.8. The van der Waals surface area contributed by atoms with Gasteiger partial charge in [0.2, 0.25) is 15.9 Å². The molecule has 166 valence electrons. The highest BCUT2D eigenvalue weighted by Crippen LogP contribution is 2.43. The number of nitrogens with zero attached hydrogens (tertiary/aromatic N) is 1. The maximum Gasteiger partial charge on any atom is 0.228 e. The highest BCUT2D eigenvalue weighted by molar-refractivity contribution is 7.88. The normalized spacial score (nSPS) is 22.9. The van der Waals surface area contributed by atoms with Crippen molar-refractivity contribution in [1.29, 1.82) is 0 Å². The van der Waals surface area contributed by atoms with Gasteiger partial charge in [0.25, 0.3) is 0 Å². The van der Waals surface area contributed by atoms with E-state index in [-0.39, 0.29) is 29.2 Å². The summed E-state index contributed by atoms with van der Waals surface area (Å²) >= 11 is 0. The van der Waals surface area contributed by atoms with Gasteiger partial charge in [0.05, 0.1) is 12.3 Å². The Bertz CT molecular complexity index is 1080. The van der Waals surface area contributed by atoms with E-state index in [9.17, 15) is 17.6 Å². The molecule has 5 nitrogen and oxygen atoms in total. The molecule has 2 fully saturated rings. The van der Waals surface area contributed by atoms with Crippen molar-refractivity contribution in [2.24, 2.45) is 5.41 Å². The number of sulfonamides is 1. The lowest BCUT2D eigenvalue weighted by molar-refractivity contribution is -0.147. The molecule has 1 amide bonds. The number of carbonyl (C=O) groups is 1. The fourth-order valence-corrected chi connectivity index (χ4v) is 5.65. The fourth-order valence-electron chi connectivity index (χ4n) is 4.83. The first kappa shape index (κ1) is 22.0. The molecule has 1 saturated heterocycles. The van der Waals surface area contributed by atoms with Crippen LogP contribution >= 0.6 is 0 Å². The summed E-state index contributed by atoms with van der Waals surface area (Å²) in [6, 6.07) is 13.7. The Balaban J connectivity index is 1.61. The third-order valence-electron chi connectivity index (χ3n) is 6.68. The predicted molar refractivity (Wildman–Crippen MR) is 119 cm³/mol. The van der Waals surface area contributed by atoms with Crippen LogP contribution in [0, 0.1) is 11.2 Å². The van der Waals surface area contributed by atoms with Crippen molar-refractivity contribution in [2.45, 2.75) is 51.1 Å². The molecule has 31 heavy (non-hydrogen) atoms. The van der Waals surface area contributed by atoms with Gasteiger partial charge in [-0.1, -0.05) is 49.7 Å². The Morgan fingerprint density at radius 3 is 2.45 bits per heavy atom. The summed E-state index contributed by atoms with van der Waals surface area (Å²) in [5, 5.41) is 0. The van der Waals surface area contributed by atoms with E-state index in [0.29, 0.717) is 19.4 Å². The maximum atomic E-state index is 13.7. The van der Waals surface area contributed by atoms with E-state index in [2.05, 4.69) is 4.72 Å². The van der Waals surface area contributed by atoms with Gasteiger partial charge in [0.1, 0.15) is 5.82 Å². The number of halogens is 1. The zero-order valence-electron chi connectivity index (χ0n) is 18.0. The van der Waals surface area contributed by atoms with E-state index >= 15 is 0 Å². The van der Waals surface area contributed by atoms with E-state index < -0.39 is 10.0 Å². The van der Waals surface area contributed by atoms with E-state index in [4.69, 9.17) is 0 Å². The predicted octanol–water partition coefficient (Wildman–Crippen LogP) is 3.74. The van der Waals surface area contributed by atoms with Crippen LogP contribution in [0.3, 0.4) is 0 Å². The summed E-state index contributed by atoms with van der Waals surface area (Å²) in [4.78, 5) is 15.2. The molecule has 2 atom stereocenters. The van der Waals surface area contributed by atoms with Crippen molar-refractivity contribution >= 4 is 15.9 Å². The smallest absolute Gasteiger partial charge is 0.228 e. The molecule has 0 bridgehead atoms. The van der Waals surface area contributed by atoms with Crippen LogP contribution < -0.4 is 4.72 Å². The van der Waals surface area contributed by atoms with Gasteiger partial charge in [-0.05, 0) is 54.5 Å². The number of likely N-dealkylation sites (tertiary alicyclic amines) is 1. The molecule has 2 aliphatic rings. The lowest BCUT2D eigenvalue weighted by atomic mass is 9.69. The lowest BCUT2D eigenvalue weighted by Gasteiger charge is -2.42. The summed E-state index contributed by atoms with van der Waals surface area (Å²) in [7, 11) is -3.39. The molecule has 0 unspecified atom stereocenters. The van der Waals surface area contributed by atoms with Gasteiger partial charge in [-0.15, -0.1) is 0 Å². The van der Waals surface area contributed by atoms with Crippen LogP contribution in [-0.4, -0.2) is 44.1 Å². The van der Waals surface area contributed by atoms with Crippen molar-refractivity contribution in [3.05, 3.63) is 59.9 Å². The van der Waals surface area contributed by atoms with Gasteiger partial charge in [-0.2, -0.15) is 0 Å². The number of amides is 1. The van der Waals surface area contributed by atoms with Crippen molar-refractivity contribution in [3.63, 3.8) is 0 Å². The topological polar surface area (TPSA) is 66.5 Å². The zero-order chi connectivity index (χ0) is 22.2. The van der Waals surface area contributed by atoms with Crippen molar-refractivity contribution in [1.82, 2.24) is 9.62 Å². The summed E-state index contributed by atoms with van der Waals surface area (Å²) in [5.74, 6) is -0.163. The van der Waals surface area contributed by atoms with E-state index in [0.717, 1.165) is 42.2 Å². The van der Waals surface area contributed by atoms with Crippen molar-refractivity contribution in [2.75, 3.05) is 12.8 Å². The molecule has 7 heteroatoms. The Morgan fingerprint density at radius 2 is 1.84 bits per heavy atom. The van der Waals surface area contributed by atoms with Crippen molar-refractivity contribution < 1.29 is 17.6 Å². The van der Waals surface area contributed by atoms with E-state index in [1.807, 2.05) is 42.2 Å². The standard InChI is InChI=1S/C24H29FN2O3S/c1-24(11-5-12-24)23(28)27-13-10-21(26-31(2,29)30)22(27)15-17-6-3-7-18(14-17)19-8-4-9-20(25)16-19/h3-4,6-9,14,16,21-22,26H,5,10-13,15H2,1-2H3/t21-,22-/m0/s1. The molecule has 0 spiro atoms. The monoisotopic (exact) mass is 444 g/mol. The second kappa shape index (κ2) is 8.36. The van der Waals surface area contributed by atoms with Gasteiger partial charge in [-0.25, -0.2) is 17.5 Å². The van der Waals surface area contributed by atoms with Gasteiger partial charge in [-0.3, -0.25) is 4.79 Å². The molecular weight excluding hydrogens is 415 g/mol. The summed E-state index contributed by atoms with van der Waals surface area (Å²) in [5.41, 5.74) is 2.34. The third kappa shape index (κ3) is 4.83. The summed E-state index contributed by atoms with van der Waals surface area (Å²) in [6.07, 6.45) is 5.12. The number of rotatable bonds is 6. The first-order chi connectivity index (χ1) is 14.6. The van der Waals surface area contributed by atoms with Crippen LogP contribution in [0.1, 0.15) is 38.2 Å². The first-order valence-corrected chi connectivity index (χ1v) is 12.7. The fraction of sp³-hybridized carbons (Fsp3) is 0.458. The quantitative estimate of drug-likeness (QED) is 0.738. The van der Waals surface area contributed by atoms with Crippen molar-refractivity contribution in [3.8, 4) is 11.1 Å². The lowest BCUT2D eigenvalue weighted by Crippen LogP contribution is -2.52. The van der Waals surface area contributed by atoms with E-state index in [1.54, 1.807) is 6.07 Å². The first-order valence-electron chi connectivity index (χ1n) is 10.8. The number of carbonyl (C=O) groups excluding carboxylic acids is 1. The van der Waals surface area contributed by atoms with Crippen LogP contribution in [-0.2, 0) is 21.2 Å². The Labute approximate surface area is 183 Å². The second-order valence-corrected chi connectivity index (χ2v) is 11.0. The molecule has 1 N–H and O–H groups in total. The average Bonchev–Trinajstić information content (AvgIpc) is 3.06. The van der Waals surface area contributed by atoms with Gasteiger partial charge in [0.15, 0.2) is 0 Å². The Kier molecular flexibility index (Phi) is 5.92. The molecule has 0 aromatic heterocycles. The van der Waals surface area contributed by atoms with Crippen LogP contribution in [0.25, 0.3) is 11.1 Å². The third-order valence-corrected chi connectivity index (χ3v) is 7.41. The largest absolute Gasteiger partial charge is 0.337 e. The Morgan fingerprint density at radius 1 is 1.16 bits per heavy atom. The maximum absolute atomic E-state index is 13.7. The molecule has 2 aromatic rings. The van der Waals surface area contributed by atoms with Crippen LogP contribution in [0.4, 0.5) is 4.39 Å².